The molecule has 0 bridgehead atoms. The number of anilines is 3. The third-order valence-electron chi connectivity index (χ3n) is 8.17. The molecular formula is C33H30N4O3S. The number of aromatic nitrogens is 1. The second-order valence-corrected chi connectivity index (χ2v) is 12.1. The lowest BCUT2D eigenvalue weighted by Gasteiger charge is -2.34. The summed E-state index contributed by atoms with van der Waals surface area (Å²) in [6.07, 6.45) is 8.07. The SMILES string of the molecule is O=C(CC1CC1)c1cc2c(s1)-c1ccccc1N(C(=O)c1ccc(NC(=O)c3cnccc3N3CCC3)cc1)CC2. The van der Waals surface area contributed by atoms with Gasteiger partial charge in [-0.2, -0.15) is 0 Å². The minimum Gasteiger partial charge on any atom is -0.371 e. The normalized spacial score (nSPS) is 15.8. The molecule has 1 saturated heterocycles. The van der Waals surface area contributed by atoms with E-state index in [9.17, 15) is 14.4 Å². The van der Waals surface area contributed by atoms with E-state index in [4.69, 9.17) is 0 Å². The molecule has 1 saturated carbocycles. The van der Waals surface area contributed by atoms with E-state index in [0.29, 0.717) is 42.1 Å². The third-order valence-corrected chi connectivity index (χ3v) is 9.42. The summed E-state index contributed by atoms with van der Waals surface area (Å²) < 4.78 is 0. The Morgan fingerprint density at radius 3 is 2.51 bits per heavy atom. The van der Waals surface area contributed by atoms with Crippen LogP contribution in [0.15, 0.2) is 73.1 Å². The highest BCUT2D eigenvalue weighted by Crippen LogP contribution is 2.43. The van der Waals surface area contributed by atoms with Gasteiger partial charge in [-0.15, -0.1) is 11.3 Å². The Bertz CT molecular complexity index is 1650. The Balaban J connectivity index is 1.09. The number of nitrogens with zero attached hydrogens (tertiary/aromatic N) is 3. The number of benzene rings is 2. The van der Waals surface area contributed by atoms with E-state index in [-0.39, 0.29) is 17.6 Å². The summed E-state index contributed by atoms with van der Waals surface area (Å²) in [6, 6.07) is 18.9. The summed E-state index contributed by atoms with van der Waals surface area (Å²) in [5, 5.41) is 2.95. The first-order chi connectivity index (χ1) is 20.0. The quantitative estimate of drug-likeness (QED) is 0.262. The summed E-state index contributed by atoms with van der Waals surface area (Å²) in [7, 11) is 0. The van der Waals surface area contributed by atoms with Crippen molar-refractivity contribution in [1.29, 1.82) is 0 Å². The average Bonchev–Trinajstić information content (AvgIpc) is 3.71. The Morgan fingerprint density at radius 1 is 0.951 bits per heavy atom. The van der Waals surface area contributed by atoms with E-state index < -0.39 is 0 Å². The number of fused-ring (bicyclic) bond motifs is 3. The fourth-order valence-corrected chi connectivity index (χ4v) is 6.77. The van der Waals surface area contributed by atoms with Gasteiger partial charge in [0.25, 0.3) is 11.8 Å². The van der Waals surface area contributed by atoms with Crippen molar-refractivity contribution in [3.05, 3.63) is 94.6 Å². The summed E-state index contributed by atoms with van der Waals surface area (Å²) in [4.78, 5) is 49.7. The van der Waals surface area contributed by atoms with Gasteiger partial charge in [0.05, 0.1) is 21.8 Å². The Labute approximate surface area is 242 Å². The maximum Gasteiger partial charge on any atom is 0.259 e. The number of ketones is 1. The second kappa shape index (κ2) is 10.6. The number of carbonyl (C=O) groups excluding carboxylic acids is 3. The van der Waals surface area contributed by atoms with Crippen molar-refractivity contribution in [3.8, 4) is 10.4 Å². The van der Waals surface area contributed by atoms with Crippen molar-refractivity contribution in [3.63, 3.8) is 0 Å². The average molecular weight is 563 g/mol. The Kier molecular flexibility index (Phi) is 6.63. The van der Waals surface area contributed by atoms with Crippen molar-refractivity contribution in [2.45, 2.75) is 32.1 Å². The first-order valence-electron chi connectivity index (χ1n) is 14.2. The van der Waals surface area contributed by atoms with Gasteiger partial charge in [0.2, 0.25) is 0 Å². The van der Waals surface area contributed by atoms with Gasteiger partial charge in [-0.25, -0.2) is 0 Å². The van der Waals surface area contributed by atoms with Crippen LogP contribution in [0.25, 0.3) is 10.4 Å². The minimum absolute atomic E-state index is 0.0946. The molecule has 2 fully saturated rings. The fourth-order valence-electron chi connectivity index (χ4n) is 5.57. The molecule has 206 valence electrons. The molecule has 2 amide bonds. The van der Waals surface area contributed by atoms with Crippen LogP contribution < -0.4 is 15.1 Å². The van der Waals surface area contributed by atoms with E-state index in [2.05, 4.69) is 15.2 Å². The van der Waals surface area contributed by atoms with Crippen molar-refractivity contribution in [2.75, 3.05) is 34.8 Å². The van der Waals surface area contributed by atoms with E-state index >= 15 is 0 Å². The van der Waals surface area contributed by atoms with Crippen molar-refractivity contribution >= 4 is 46.0 Å². The minimum atomic E-state index is -0.221. The second-order valence-electron chi connectivity index (χ2n) is 11.0. The highest BCUT2D eigenvalue weighted by molar-refractivity contribution is 7.17. The number of pyridine rings is 1. The highest BCUT2D eigenvalue weighted by atomic mass is 32.1. The van der Waals surface area contributed by atoms with Crippen LogP contribution in [0.5, 0.6) is 0 Å². The lowest BCUT2D eigenvalue weighted by Crippen LogP contribution is -2.38. The lowest BCUT2D eigenvalue weighted by molar-refractivity contribution is 0.0974. The third kappa shape index (κ3) is 5.04. The van der Waals surface area contributed by atoms with E-state index in [1.165, 1.54) is 0 Å². The van der Waals surface area contributed by atoms with E-state index in [0.717, 1.165) is 64.6 Å². The number of Topliss-reactive ketones (excluding diaryl/α,β-unsaturated/α-hetero) is 1. The Hall–Kier alpha value is -4.30. The first kappa shape index (κ1) is 25.7. The lowest BCUT2D eigenvalue weighted by atomic mass is 10.1. The van der Waals surface area contributed by atoms with Crippen molar-refractivity contribution in [2.24, 2.45) is 5.92 Å². The maximum atomic E-state index is 13.8. The number of rotatable bonds is 7. The van der Waals surface area contributed by atoms with Crippen LogP contribution in [0.4, 0.5) is 17.1 Å². The van der Waals surface area contributed by atoms with Gasteiger partial charge >= 0.3 is 0 Å². The molecule has 41 heavy (non-hydrogen) atoms. The van der Waals surface area contributed by atoms with Gasteiger partial charge in [-0.3, -0.25) is 19.4 Å². The van der Waals surface area contributed by atoms with Gasteiger partial charge in [0.15, 0.2) is 5.78 Å². The van der Waals surface area contributed by atoms with Crippen LogP contribution in [-0.4, -0.2) is 42.2 Å². The molecule has 0 atom stereocenters. The largest absolute Gasteiger partial charge is 0.371 e. The Morgan fingerprint density at radius 2 is 1.76 bits per heavy atom. The number of hydrogen-bond acceptors (Lipinski definition) is 6. The van der Waals surface area contributed by atoms with Crippen molar-refractivity contribution in [1.82, 2.24) is 4.98 Å². The molecule has 1 N–H and O–H groups in total. The molecule has 4 heterocycles. The van der Waals surface area contributed by atoms with Crippen LogP contribution in [0.3, 0.4) is 0 Å². The molecule has 0 spiro atoms. The number of thiophene rings is 1. The standard InChI is InChI=1S/C33H30N4O3S/c38-29(18-21-6-7-21)30-19-23-13-17-37(28-5-2-1-4-25(28)31(23)41-30)33(40)22-8-10-24(11-9-22)35-32(39)26-20-34-14-12-27(26)36-15-3-16-36/h1-2,4-5,8-12,14,19-21H,3,6-7,13,15-18H2,(H,35,39). The number of nitrogens with one attached hydrogen (secondary N) is 1. The number of carbonyl (C=O) groups is 3. The number of para-hydroxylation sites is 1. The zero-order valence-electron chi connectivity index (χ0n) is 22.6. The first-order valence-corrected chi connectivity index (χ1v) is 15.0. The van der Waals surface area contributed by atoms with Crippen LogP contribution in [-0.2, 0) is 6.42 Å². The molecule has 1 aliphatic carbocycles. The van der Waals surface area contributed by atoms with Gasteiger partial charge in [-0.05, 0) is 79.6 Å². The van der Waals surface area contributed by atoms with Crippen LogP contribution >= 0.6 is 11.3 Å². The zero-order valence-corrected chi connectivity index (χ0v) is 23.5. The number of amides is 2. The van der Waals surface area contributed by atoms with Gasteiger partial charge in [0, 0.05) is 60.1 Å². The fraction of sp³-hybridized carbons (Fsp3) is 0.273. The van der Waals surface area contributed by atoms with Gasteiger partial charge < -0.3 is 15.1 Å². The topological polar surface area (TPSA) is 82.6 Å². The smallest absolute Gasteiger partial charge is 0.259 e. The monoisotopic (exact) mass is 562 g/mol. The molecule has 3 aliphatic rings. The molecule has 7 nitrogen and oxygen atoms in total. The summed E-state index contributed by atoms with van der Waals surface area (Å²) >= 11 is 1.56. The molecule has 2 aromatic heterocycles. The summed E-state index contributed by atoms with van der Waals surface area (Å²) in [5.41, 5.74) is 5.57. The van der Waals surface area contributed by atoms with E-state index in [1.807, 2.05) is 41.3 Å². The van der Waals surface area contributed by atoms with Crippen LogP contribution in [0.1, 0.15) is 61.6 Å². The predicted molar refractivity (Wildman–Crippen MR) is 162 cm³/mol. The van der Waals surface area contributed by atoms with Crippen molar-refractivity contribution < 1.29 is 14.4 Å². The van der Waals surface area contributed by atoms with E-state index in [1.54, 1.807) is 48.0 Å². The van der Waals surface area contributed by atoms with Crippen LogP contribution in [0, 0.1) is 5.92 Å². The summed E-state index contributed by atoms with van der Waals surface area (Å²) in [6.45, 7) is 2.40. The molecule has 2 aliphatic heterocycles. The summed E-state index contributed by atoms with van der Waals surface area (Å²) in [5.74, 6) is 0.482. The molecule has 8 heteroatoms. The highest BCUT2D eigenvalue weighted by Gasteiger charge is 2.30. The maximum absolute atomic E-state index is 13.8. The molecular weight excluding hydrogens is 532 g/mol. The zero-order chi connectivity index (χ0) is 27.9. The molecule has 4 aromatic rings. The molecule has 2 aromatic carbocycles. The molecule has 7 rings (SSSR count). The van der Waals surface area contributed by atoms with Crippen LogP contribution in [0.2, 0.25) is 0 Å². The number of hydrogen-bond donors (Lipinski definition) is 1. The van der Waals surface area contributed by atoms with Gasteiger partial charge in [-0.1, -0.05) is 18.2 Å². The van der Waals surface area contributed by atoms with Gasteiger partial charge in [0.1, 0.15) is 0 Å². The molecule has 0 unspecified atom stereocenters. The predicted octanol–water partition coefficient (Wildman–Crippen LogP) is 6.46. The molecule has 0 radical (unpaired) electrons.